The predicted molar refractivity (Wildman–Crippen MR) is 115 cm³/mol. The fourth-order valence-corrected chi connectivity index (χ4v) is 3.62. The van der Waals surface area contributed by atoms with E-state index in [0.717, 1.165) is 17.3 Å². The molecule has 5 rings (SSSR count). The third kappa shape index (κ3) is 3.09. The number of nitrogens with zero attached hydrogens (tertiary/aromatic N) is 2. The van der Waals surface area contributed by atoms with Gasteiger partial charge in [0.2, 0.25) is 5.43 Å². The lowest BCUT2D eigenvalue weighted by Gasteiger charge is -2.06. The predicted octanol–water partition coefficient (Wildman–Crippen LogP) is 6.11. The van der Waals surface area contributed by atoms with E-state index in [2.05, 4.69) is 0 Å². The van der Waals surface area contributed by atoms with Crippen LogP contribution in [0.25, 0.3) is 39.2 Å². The summed E-state index contributed by atoms with van der Waals surface area (Å²) in [4.78, 5) is 12.8. The molecule has 2 aromatic heterocycles. The molecule has 0 atom stereocenters. The van der Waals surface area contributed by atoms with Crippen molar-refractivity contribution >= 4 is 22.6 Å². The Hall–Kier alpha value is -3.70. The average molecular weight is 417 g/mol. The zero-order valence-electron chi connectivity index (χ0n) is 15.5. The Morgan fingerprint density at radius 3 is 2.37 bits per heavy atom. The van der Waals surface area contributed by atoms with E-state index in [1.54, 1.807) is 10.9 Å². The van der Waals surface area contributed by atoms with E-state index in [9.17, 15) is 9.18 Å². The molecular formula is C24H14ClFN2O2. The van der Waals surface area contributed by atoms with Gasteiger partial charge in [-0.2, -0.15) is 5.10 Å². The molecule has 0 aliphatic heterocycles. The highest BCUT2D eigenvalue weighted by Crippen LogP contribution is 2.36. The van der Waals surface area contributed by atoms with E-state index in [1.165, 1.54) is 12.1 Å². The molecule has 0 fully saturated rings. The van der Waals surface area contributed by atoms with Crippen molar-refractivity contribution in [2.45, 2.75) is 0 Å². The summed E-state index contributed by atoms with van der Waals surface area (Å²) in [6.07, 6.45) is 1.77. The second-order valence-electron chi connectivity index (χ2n) is 6.75. The van der Waals surface area contributed by atoms with Gasteiger partial charge >= 0.3 is 0 Å². The first-order valence-electron chi connectivity index (χ1n) is 9.24. The van der Waals surface area contributed by atoms with Crippen LogP contribution in [-0.2, 0) is 0 Å². The molecule has 2 heterocycles. The Morgan fingerprint density at radius 1 is 0.933 bits per heavy atom. The maximum atomic E-state index is 13.6. The number of benzene rings is 3. The van der Waals surface area contributed by atoms with Crippen molar-refractivity contribution in [1.29, 1.82) is 0 Å². The Morgan fingerprint density at radius 2 is 1.63 bits per heavy atom. The zero-order chi connectivity index (χ0) is 20.7. The number of fused-ring (bicyclic) bond motifs is 1. The molecule has 5 aromatic rings. The van der Waals surface area contributed by atoms with Gasteiger partial charge < -0.3 is 4.42 Å². The molecule has 146 valence electrons. The van der Waals surface area contributed by atoms with Gasteiger partial charge in [0, 0.05) is 11.8 Å². The van der Waals surface area contributed by atoms with Crippen molar-refractivity contribution < 1.29 is 8.81 Å². The third-order valence-corrected chi connectivity index (χ3v) is 5.17. The summed E-state index contributed by atoms with van der Waals surface area (Å²) in [5, 5.41) is 4.71. The van der Waals surface area contributed by atoms with Gasteiger partial charge in [-0.05, 0) is 30.3 Å². The lowest BCUT2D eigenvalue weighted by Crippen LogP contribution is -2.04. The Bertz CT molecular complexity index is 1430. The summed E-state index contributed by atoms with van der Waals surface area (Å²) < 4.78 is 21.3. The van der Waals surface area contributed by atoms with E-state index in [4.69, 9.17) is 21.1 Å². The molecule has 0 bridgehead atoms. The maximum Gasteiger partial charge on any atom is 0.212 e. The molecule has 4 nitrogen and oxygen atoms in total. The van der Waals surface area contributed by atoms with Crippen LogP contribution in [0.2, 0.25) is 5.02 Å². The van der Waals surface area contributed by atoms with Crippen LogP contribution in [0.4, 0.5) is 4.39 Å². The third-order valence-electron chi connectivity index (χ3n) is 4.82. The molecular weight excluding hydrogens is 403 g/mol. The molecule has 0 aliphatic rings. The van der Waals surface area contributed by atoms with Crippen LogP contribution in [0.5, 0.6) is 0 Å². The van der Waals surface area contributed by atoms with Crippen molar-refractivity contribution in [2.24, 2.45) is 0 Å². The normalized spacial score (nSPS) is 11.1. The maximum absolute atomic E-state index is 13.6. The molecule has 0 unspecified atom stereocenters. The van der Waals surface area contributed by atoms with Crippen LogP contribution >= 0.6 is 11.6 Å². The van der Waals surface area contributed by atoms with Gasteiger partial charge in [-0.15, -0.1) is 0 Å². The van der Waals surface area contributed by atoms with Crippen molar-refractivity contribution in [1.82, 2.24) is 9.78 Å². The number of hydrogen-bond acceptors (Lipinski definition) is 3. The van der Waals surface area contributed by atoms with Crippen LogP contribution in [0.1, 0.15) is 0 Å². The lowest BCUT2D eigenvalue weighted by molar-refractivity contribution is 0.609. The quantitative estimate of drug-likeness (QED) is 0.356. The van der Waals surface area contributed by atoms with Crippen LogP contribution < -0.4 is 5.43 Å². The molecule has 0 spiro atoms. The van der Waals surface area contributed by atoms with Crippen molar-refractivity contribution in [3.05, 3.63) is 106 Å². The fourth-order valence-electron chi connectivity index (χ4n) is 3.38. The highest BCUT2D eigenvalue weighted by Gasteiger charge is 2.22. The second kappa shape index (κ2) is 7.28. The number of hydrogen-bond donors (Lipinski definition) is 0. The van der Waals surface area contributed by atoms with E-state index >= 15 is 0 Å². The van der Waals surface area contributed by atoms with Crippen molar-refractivity contribution in [3.63, 3.8) is 0 Å². The largest absolute Gasteiger partial charge is 0.454 e. The highest BCUT2D eigenvalue weighted by molar-refractivity contribution is 6.33. The fraction of sp³-hybridized carbons (Fsp3) is 0. The highest BCUT2D eigenvalue weighted by atomic mass is 35.5. The zero-order valence-corrected chi connectivity index (χ0v) is 16.3. The standard InChI is InChI=1S/C24H14ClFN2O2/c25-21-23(29)18-13-16(26)11-12-20(18)30-24(21)19-14-28(17-9-5-2-6-10-17)27-22(19)15-7-3-1-4-8-15/h1-14H. The van der Waals surface area contributed by atoms with Crippen molar-refractivity contribution in [3.8, 4) is 28.3 Å². The summed E-state index contributed by atoms with van der Waals surface area (Å²) in [6.45, 7) is 0. The average Bonchev–Trinajstić information content (AvgIpc) is 3.23. The number of aromatic nitrogens is 2. The van der Waals surface area contributed by atoms with Gasteiger partial charge in [0.15, 0.2) is 5.76 Å². The Balaban J connectivity index is 1.80. The number of rotatable bonds is 3. The molecule has 0 amide bonds. The first kappa shape index (κ1) is 18.3. The summed E-state index contributed by atoms with van der Waals surface area (Å²) in [7, 11) is 0. The molecule has 0 saturated carbocycles. The smallest absolute Gasteiger partial charge is 0.212 e. The summed E-state index contributed by atoms with van der Waals surface area (Å²) in [5.41, 5.74) is 2.65. The summed E-state index contributed by atoms with van der Waals surface area (Å²) >= 11 is 6.41. The molecule has 0 N–H and O–H groups in total. The SMILES string of the molecule is O=c1c(Cl)c(-c2cn(-c3ccccc3)nc2-c2ccccc2)oc2ccc(F)cc12. The molecule has 3 aromatic carbocycles. The first-order valence-corrected chi connectivity index (χ1v) is 9.62. The molecule has 6 heteroatoms. The Labute approximate surface area is 175 Å². The lowest BCUT2D eigenvalue weighted by atomic mass is 10.1. The van der Waals surface area contributed by atoms with E-state index in [0.29, 0.717) is 11.3 Å². The molecule has 0 aliphatic carbocycles. The van der Waals surface area contributed by atoms with Crippen LogP contribution in [0, 0.1) is 5.82 Å². The second-order valence-corrected chi connectivity index (χ2v) is 7.13. The molecule has 0 radical (unpaired) electrons. The number of para-hydroxylation sites is 1. The molecule has 30 heavy (non-hydrogen) atoms. The van der Waals surface area contributed by atoms with Gasteiger partial charge in [0.25, 0.3) is 0 Å². The minimum atomic E-state index is -0.527. The van der Waals surface area contributed by atoms with Crippen molar-refractivity contribution in [2.75, 3.05) is 0 Å². The van der Waals surface area contributed by atoms with Gasteiger partial charge in [-0.25, -0.2) is 9.07 Å². The summed E-state index contributed by atoms with van der Waals surface area (Å²) in [6, 6.07) is 23.0. The topological polar surface area (TPSA) is 48.0 Å². The summed E-state index contributed by atoms with van der Waals surface area (Å²) in [5.74, 6) is -0.331. The van der Waals surface area contributed by atoms with Gasteiger partial charge in [0.05, 0.1) is 16.6 Å². The van der Waals surface area contributed by atoms with Gasteiger partial charge in [-0.1, -0.05) is 60.1 Å². The first-order chi connectivity index (χ1) is 14.6. The van der Waals surface area contributed by atoms with E-state index in [1.807, 2.05) is 60.7 Å². The monoisotopic (exact) mass is 416 g/mol. The van der Waals surface area contributed by atoms with Gasteiger partial charge in [0.1, 0.15) is 22.1 Å². The van der Waals surface area contributed by atoms with Gasteiger partial charge in [-0.3, -0.25) is 4.79 Å². The van der Waals surface area contributed by atoms with E-state index < -0.39 is 11.2 Å². The van der Waals surface area contributed by atoms with E-state index in [-0.39, 0.29) is 21.8 Å². The minimum Gasteiger partial charge on any atom is -0.454 e. The van der Waals surface area contributed by atoms with Crippen LogP contribution in [0.3, 0.4) is 0 Å². The van der Waals surface area contributed by atoms with Crippen LogP contribution in [0.15, 0.2) is 94.3 Å². The van der Waals surface area contributed by atoms with Crippen LogP contribution in [-0.4, -0.2) is 9.78 Å². The number of halogens is 2. The molecule has 0 saturated heterocycles. The minimum absolute atomic E-state index is 0.0977. The Kier molecular flexibility index (Phi) is 4.45.